The van der Waals surface area contributed by atoms with Crippen molar-refractivity contribution in [3.05, 3.63) is 0 Å². The van der Waals surface area contributed by atoms with Crippen LogP contribution < -0.4 is 11.1 Å². The molecule has 2 aliphatic carbocycles. The van der Waals surface area contributed by atoms with Crippen molar-refractivity contribution in [1.82, 2.24) is 5.32 Å². The van der Waals surface area contributed by atoms with Gasteiger partial charge in [0.2, 0.25) is 5.91 Å². The Bertz CT molecular complexity index is 248. The lowest BCUT2D eigenvalue weighted by molar-refractivity contribution is -0.129. The third-order valence-electron chi connectivity index (χ3n) is 4.37. The maximum Gasteiger partial charge on any atom is 0.224 e. The van der Waals surface area contributed by atoms with E-state index in [1.807, 2.05) is 6.92 Å². The molecule has 2 fully saturated rings. The molecule has 1 spiro atoms. The van der Waals surface area contributed by atoms with Crippen LogP contribution in [0.5, 0.6) is 0 Å². The Morgan fingerprint density at radius 3 is 2.60 bits per heavy atom. The average molecular weight is 210 g/mol. The number of hydrogen-bond donors (Lipinski definition) is 2. The summed E-state index contributed by atoms with van der Waals surface area (Å²) >= 11 is 0. The second kappa shape index (κ2) is 4.12. The molecule has 0 aliphatic heterocycles. The molecule has 1 unspecified atom stereocenters. The molecule has 3 nitrogen and oxygen atoms in total. The van der Waals surface area contributed by atoms with Crippen LogP contribution in [0.1, 0.15) is 45.4 Å². The molecule has 1 amide bonds. The van der Waals surface area contributed by atoms with Gasteiger partial charge in [0.1, 0.15) is 0 Å². The summed E-state index contributed by atoms with van der Waals surface area (Å²) in [7, 11) is 0. The predicted molar refractivity (Wildman–Crippen MR) is 60.3 cm³/mol. The number of carbonyl (C=O) groups is 1. The highest BCUT2D eigenvalue weighted by Gasteiger charge is 2.49. The molecule has 0 heterocycles. The number of amides is 1. The third kappa shape index (κ3) is 1.78. The first kappa shape index (κ1) is 10.9. The first-order chi connectivity index (χ1) is 7.19. The average Bonchev–Trinajstić information content (AvgIpc) is 2.16. The molecule has 3 heteroatoms. The van der Waals surface area contributed by atoms with Crippen molar-refractivity contribution < 1.29 is 4.79 Å². The van der Waals surface area contributed by atoms with Crippen LogP contribution >= 0.6 is 0 Å². The minimum absolute atomic E-state index is 0.0685. The van der Waals surface area contributed by atoms with Crippen LogP contribution in [-0.4, -0.2) is 18.5 Å². The number of rotatable bonds is 2. The van der Waals surface area contributed by atoms with Crippen molar-refractivity contribution in [2.75, 3.05) is 6.54 Å². The van der Waals surface area contributed by atoms with Crippen molar-refractivity contribution in [1.29, 1.82) is 0 Å². The first-order valence-corrected chi connectivity index (χ1v) is 6.23. The summed E-state index contributed by atoms with van der Waals surface area (Å²) in [6, 6.07) is 0.103. The molecule has 0 saturated heterocycles. The van der Waals surface area contributed by atoms with Crippen LogP contribution in [0.4, 0.5) is 0 Å². The number of nitrogens with one attached hydrogen (secondary N) is 1. The van der Waals surface area contributed by atoms with Gasteiger partial charge in [0.25, 0.3) is 0 Å². The molecule has 2 rings (SSSR count). The number of carbonyl (C=O) groups excluding carboxylic acids is 1. The van der Waals surface area contributed by atoms with Crippen LogP contribution in [-0.2, 0) is 4.79 Å². The molecule has 0 radical (unpaired) electrons. The Morgan fingerprint density at radius 2 is 2.07 bits per heavy atom. The van der Waals surface area contributed by atoms with Gasteiger partial charge in [-0.05, 0) is 38.0 Å². The molecule has 15 heavy (non-hydrogen) atoms. The van der Waals surface area contributed by atoms with Gasteiger partial charge in [-0.1, -0.05) is 12.8 Å². The van der Waals surface area contributed by atoms with Crippen LogP contribution in [0, 0.1) is 11.3 Å². The van der Waals surface area contributed by atoms with E-state index in [9.17, 15) is 4.79 Å². The summed E-state index contributed by atoms with van der Waals surface area (Å²) in [6.45, 7) is 2.68. The molecule has 0 aromatic heterocycles. The zero-order valence-corrected chi connectivity index (χ0v) is 9.59. The van der Waals surface area contributed by atoms with E-state index in [0.717, 1.165) is 13.0 Å². The molecule has 0 aromatic rings. The second-order valence-electron chi connectivity index (χ2n) is 5.14. The van der Waals surface area contributed by atoms with E-state index in [-0.39, 0.29) is 17.9 Å². The summed E-state index contributed by atoms with van der Waals surface area (Å²) in [5.74, 6) is 0.245. The van der Waals surface area contributed by atoms with Crippen molar-refractivity contribution in [2.24, 2.45) is 17.1 Å². The number of hydrogen-bond acceptors (Lipinski definition) is 2. The van der Waals surface area contributed by atoms with E-state index >= 15 is 0 Å². The Hall–Kier alpha value is -0.570. The van der Waals surface area contributed by atoms with Gasteiger partial charge in [0.15, 0.2) is 0 Å². The van der Waals surface area contributed by atoms with Gasteiger partial charge in [0.05, 0.1) is 5.92 Å². The summed E-state index contributed by atoms with van der Waals surface area (Å²) in [5.41, 5.74) is 6.62. The summed E-state index contributed by atoms with van der Waals surface area (Å²) in [4.78, 5) is 11.8. The monoisotopic (exact) mass is 210 g/mol. The Balaban J connectivity index is 2.03. The molecule has 86 valence electrons. The van der Waals surface area contributed by atoms with Gasteiger partial charge >= 0.3 is 0 Å². The van der Waals surface area contributed by atoms with Crippen molar-refractivity contribution in [3.63, 3.8) is 0 Å². The zero-order valence-electron chi connectivity index (χ0n) is 9.59. The molecular formula is C12H22N2O. The van der Waals surface area contributed by atoms with Gasteiger partial charge in [0, 0.05) is 12.6 Å². The minimum atomic E-state index is 0.0685. The molecule has 2 aliphatic rings. The quantitative estimate of drug-likeness (QED) is 0.724. The lowest BCUT2D eigenvalue weighted by atomic mass is 9.55. The molecule has 3 N–H and O–H groups in total. The van der Waals surface area contributed by atoms with E-state index in [1.165, 1.54) is 32.1 Å². The normalized spacial score (nSPS) is 33.5. The van der Waals surface area contributed by atoms with Crippen molar-refractivity contribution >= 4 is 5.91 Å². The molecule has 2 saturated carbocycles. The summed E-state index contributed by atoms with van der Waals surface area (Å²) < 4.78 is 0. The van der Waals surface area contributed by atoms with Gasteiger partial charge < -0.3 is 11.1 Å². The van der Waals surface area contributed by atoms with Crippen molar-refractivity contribution in [3.8, 4) is 0 Å². The van der Waals surface area contributed by atoms with Crippen LogP contribution in [0.15, 0.2) is 0 Å². The SMILES string of the molecule is CCNC(=O)C1CCCC2(CCC2)[C@H]1N. The van der Waals surface area contributed by atoms with Gasteiger partial charge in [-0.3, -0.25) is 4.79 Å². The van der Waals surface area contributed by atoms with E-state index in [2.05, 4.69) is 5.32 Å². The van der Waals surface area contributed by atoms with E-state index in [1.54, 1.807) is 0 Å². The molecular weight excluding hydrogens is 188 g/mol. The van der Waals surface area contributed by atoms with Crippen LogP contribution in [0.2, 0.25) is 0 Å². The van der Waals surface area contributed by atoms with E-state index in [4.69, 9.17) is 5.73 Å². The highest BCUT2D eigenvalue weighted by atomic mass is 16.1. The number of nitrogens with two attached hydrogens (primary N) is 1. The Kier molecular flexibility index (Phi) is 3.01. The predicted octanol–water partition coefficient (Wildman–Crippen LogP) is 1.42. The Morgan fingerprint density at radius 1 is 1.40 bits per heavy atom. The highest BCUT2D eigenvalue weighted by Crippen LogP contribution is 2.52. The maximum atomic E-state index is 11.8. The van der Waals surface area contributed by atoms with E-state index in [0.29, 0.717) is 5.41 Å². The molecule has 0 aromatic carbocycles. The van der Waals surface area contributed by atoms with Crippen molar-refractivity contribution in [2.45, 2.75) is 51.5 Å². The first-order valence-electron chi connectivity index (χ1n) is 6.23. The smallest absolute Gasteiger partial charge is 0.224 e. The minimum Gasteiger partial charge on any atom is -0.356 e. The second-order valence-corrected chi connectivity index (χ2v) is 5.14. The lowest BCUT2D eigenvalue weighted by Crippen LogP contribution is -2.56. The summed E-state index contributed by atoms with van der Waals surface area (Å²) in [6.07, 6.45) is 7.18. The standard InChI is InChI=1S/C12H22N2O/c1-2-14-11(15)9-5-3-6-12(10(9)13)7-4-8-12/h9-10H,2-8,13H2,1H3,(H,14,15)/t9?,10-/m0/s1. The lowest BCUT2D eigenvalue weighted by Gasteiger charge is -2.52. The fraction of sp³-hybridized carbons (Fsp3) is 0.917. The third-order valence-corrected chi connectivity index (χ3v) is 4.37. The largest absolute Gasteiger partial charge is 0.356 e. The Labute approximate surface area is 91.8 Å². The highest BCUT2D eigenvalue weighted by molar-refractivity contribution is 5.79. The topological polar surface area (TPSA) is 55.1 Å². The zero-order chi connectivity index (χ0) is 10.9. The fourth-order valence-electron chi connectivity index (χ4n) is 3.26. The maximum absolute atomic E-state index is 11.8. The molecule has 0 bridgehead atoms. The van der Waals surface area contributed by atoms with Crippen LogP contribution in [0.3, 0.4) is 0 Å². The molecule has 2 atom stereocenters. The summed E-state index contributed by atoms with van der Waals surface area (Å²) in [5, 5.41) is 2.91. The van der Waals surface area contributed by atoms with Gasteiger partial charge in [-0.15, -0.1) is 0 Å². The fourth-order valence-corrected chi connectivity index (χ4v) is 3.26. The van der Waals surface area contributed by atoms with Gasteiger partial charge in [-0.2, -0.15) is 0 Å². The van der Waals surface area contributed by atoms with E-state index < -0.39 is 0 Å². The van der Waals surface area contributed by atoms with Crippen LogP contribution in [0.25, 0.3) is 0 Å². The van der Waals surface area contributed by atoms with Gasteiger partial charge in [-0.25, -0.2) is 0 Å².